The molecular weight excluding hydrogens is 333 g/mol. The Morgan fingerprint density at radius 2 is 2.04 bits per heavy atom. The van der Waals surface area contributed by atoms with Gasteiger partial charge >= 0.3 is 0 Å². The van der Waals surface area contributed by atoms with E-state index in [0.29, 0.717) is 27.7 Å². The van der Waals surface area contributed by atoms with Crippen LogP contribution in [0.5, 0.6) is 5.75 Å². The van der Waals surface area contributed by atoms with Gasteiger partial charge in [0.05, 0.1) is 23.5 Å². The molecule has 0 amide bonds. The lowest BCUT2D eigenvalue weighted by Gasteiger charge is -2.09. The number of methoxy groups -OCH3 is 1. The van der Waals surface area contributed by atoms with Gasteiger partial charge in [-0.2, -0.15) is 0 Å². The fraction of sp³-hybridized carbons (Fsp3) is 0.0588. The zero-order valence-electron chi connectivity index (χ0n) is 12.6. The molecule has 0 fully saturated rings. The maximum Gasteiger partial charge on any atom is 0.252 e. The molecule has 2 aromatic carbocycles. The average molecular weight is 346 g/mol. The predicted molar refractivity (Wildman–Crippen MR) is 91.5 cm³/mol. The van der Waals surface area contributed by atoms with Gasteiger partial charge in [-0.1, -0.05) is 23.7 Å². The Kier molecular flexibility index (Phi) is 4.48. The summed E-state index contributed by atoms with van der Waals surface area (Å²) in [5.41, 5.74) is 1.13. The summed E-state index contributed by atoms with van der Waals surface area (Å²) in [7, 11) is 1.56. The van der Waals surface area contributed by atoms with Gasteiger partial charge in [-0.25, -0.2) is 9.37 Å². The molecule has 3 aromatic rings. The number of anilines is 2. The predicted octanol–water partition coefficient (Wildman–Crippen LogP) is 3.98. The van der Waals surface area contributed by atoms with Crippen molar-refractivity contribution in [2.24, 2.45) is 0 Å². The van der Waals surface area contributed by atoms with E-state index >= 15 is 0 Å². The van der Waals surface area contributed by atoms with Crippen molar-refractivity contribution in [3.63, 3.8) is 0 Å². The molecule has 1 aromatic heterocycles. The first-order chi connectivity index (χ1) is 11.5. The van der Waals surface area contributed by atoms with Crippen LogP contribution in [0.4, 0.5) is 16.0 Å². The van der Waals surface area contributed by atoms with E-state index in [4.69, 9.17) is 16.3 Å². The zero-order valence-corrected chi connectivity index (χ0v) is 13.4. The molecular formula is C17H13ClFN3O2. The number of halogens is 2. The minimum absolute atomic E-state index is 0.160. The van der Waals surface area contributed by atoms with Crippen LogP contribution in [0.3, 0.4) is 0 Å². The maximum atomic E-state index is 13.4. The summed E-state index contributed by atoms with van der Waals surface area (Å²) in [5, 5.41) is 3.13. The molecule has 5 nitrogen and oxygen atoms in total. The average Bonchev–Trinajstić information content (AvgIpc) is 2.58. The third-order valence-electron chi connectivity index (χ3n) is 3.29. The Labute approximate surface area is 142 Å². The first-order valence-electron chi connectivity index (χ1n) is 7.03. The van der Waals surface area contributed by atoms with Crippen LogP contribution in [-0.4, -0.2) is 17.1 Å². The molecule has 0 aliphatic rings. The highest BCUT2D eigenvalue weighted by atomic mass is 35.5. The van der Waals surface area contributed by atoms with Crippen molar-refractivity contribution in [2.75, 3.05) is 12.4 Å². The van der Waals surface area contributed by atoms with Gasteiger partial charge in [-0.15, -0.1) is 0 Å². The van der Waals surface area contributed by atoms with Crippen molar-refractivity contribution in [3.05, 3.63) is 69.7 Å². The molecule has 0 saturated carbocycles. The number of H-pyrrole nitrogens is 1. The number of ether oxygens (including phenoxy) is 1. The fourth-order valence-corrected chi connectivity index (χ4v) is 2.33. The lowest BCUT2D eigenvalue weighted by Crippen LogP contribution is -2.10. The Morgan fingerprint density at radius 1 is 1.21 bits per heavy atom. The molecule has 0 unspecified atom stereocenters. The Morgan fingerprint density at radius 3 is 2.83 bits per heavy atom. The number of hydrogen-bond donors (Lipinski definition) is 2. The monoisotopic (exact) mass is 345 g/mol. The van der Waals surface area contributed by atoms with Gasteiger partial charge in [-0.3, -0.25) is 9.78 Å². The normalized spacial score (nSPS) is 10.5. The molecule has 0 saturated heterocycles. The van der Waals surface area contributed by atoms with E-state index in [1.54, 1.807) is 25.3 Å². The van der Waals surface area contributed by atoms with Crippen LogP contribution in [0, 0.1) is 5.82 Å². The van der Waals surface area contributed by atoms with Crippen LogP contribution in [0.2, 0.25) is 5.02 Å². The highest BCUT2D eigenvalue weighted by Crippen LogP contribution is 2.26. The van der Waals surface area contributed by atoms with E-state index in [0.717, 1.165) is 0 Å². The van der Waals surface area contributed by atoms with Crippen LogP contribution in [-0.2, 0) is 0 Å². The summed E-state index contributed by atoms with van der Waals surface area (Å²) < 4.78 is 18.5. The van der Waals surface area contributed by atoms with Crippen molar-refractivity contribution >= 4 is 23.2 Å². The second-order valence-electron chi connectivity index (χ2n) is 4.96. The third kappa shape index (κ3) is 3.55. The van der Waals surface area contributed by atoms with E-state index in [9.17, 15) is 9.18 Å². The number of aromatic nitrogens is 2. The van der Waals surface area contributed by atoms with Gasteiger partial charge in [0.15, 0.2) is 0 Å². The molecule has 0 bridgehead atoms. The molecule has 24 heavy (non-hydrogen) atoms. The summed E-state index contributed by atoms with van der Waals surface area (Å²) in [4.78, 5) is 18.8. The summed E-state index contributed by atoms with van der Waals surface area (Å²) in [6, 6.07) is 12.4. The van der Waals surface area contributed by atoms with Crippen LogP contribution in [0.15, 0.2) is 53.3 Å². The Bertz CT molecular complexity index is 943. The number of aromatic amines is 1. The minimum Gasteiger partial charge on any atom is -0.497 e. The van der Waals surface area contributed by atoms with Crippen LogP contribution < -0.4 is 15.6 Å². The Balaban J connectivity index is 2.00. The molecule has 2 N–H and O–H groups in total. The van der Waals surface area contributed by atoms with Crippen molar-refractivity contribution < 1.29 is 9.13 Å². The first-order valence-corrected chi connectivity index (χ1v) is 7.41. The molecule has 0 aliphatic heterocycles. The topological polar surface area (TPSA) is 67.0 Å². The molecule has 7 heteroatoms. The summed E-state index contributed by atoms with van der Waals surface area (Å²) >= 11 is 6.02. The quantitative estimate of drug-likeness (QED) is 0.750. The van der Waals surface area contributed by atoms with E-state index in [1.165, 1.54) is 24.3 Å². The summed E-state index contributed by atoms with van der Waals surface area (Å²) in [5.74, 6) is 0.360. The van der Waals surface area contributed by atoms with Gasteiger partial charge in [-0.05, 0) is 30.3 Å². The number of hydrogen-bond acceptors (Lipinski definition) is 4. The van der Waals surface area contributed by atoms with E-state index < -0.39 is 5.82 Å². The lowest BCUT2D eigenvalue weighted by atomic mass is 10.1. The highest BCUT2D eigenvalue weighted by molar-refractivity contribution is 6.33. The van der Waals surface area contributed by atoms with Gasteiger partial charge in [0.2, 0.25) is 5.95 Å². The maximum absolute atomic E-state index is 13.4. The molecule has 0 radical (unpaired) electrons. The number of nitrogens with zero attached hydrogens (tertiary/aromatic N) is 1. The lowest BCUT2D eigenvalue weighted by molar-refractivity contribution is 0.415. The minimum atomic E-state index is -0.451. The molecule has 0 atom stereocenters. The largest absolute Gasteiger partial charge is 0.497 e. The molecule has 122 valence electrons. The smallest absolute Gasteiger partial charge is 0.252 e. The highest BCUT2D eigenvalue weighted by Gasteiger charge is 2.08. The third-order valence-corrected chi connectivity index (χ3v) is 3.62. The molecule has 0 spiro atoms. The fourth-order valence-electron chi connectivity index (χ4n) is 2.17. The Hall–Kier alpha value is -2.86. The van der Waals surface area contributed by atoms with E-state index in [-0.39, 0.29) is 11.5 Å². The molecule has 0 aliphatic carbocycles. The van der Waals surface area contributed by atoms with Gasteiger partial charge in [0, 0.05) is 11.6 Å². The van der Waals surface area contributed by atoms with Crippen LogP contribution >= 0.6 is 11.6 Å². The first kappa shape index (κ1) is 16.0. The second-order valence-corrected chi connectivity index (χ2v) is 5.37. The van der Waals surface area contributed by atoms with Crippen LogP contribution in [0.25, 0.3) is 11.3 Å². The van der Waals surface area contributed by atoms with Gasteiger partial charge < -0.3 is 10.1 Å². The number of benzene rings is 2. The molecule has 1 heterocycles. The van der Waals surface area contributed by atoms with Crippen molar-refractivity contribution in [3.8, 4) is 17.0 Å². The summed E-state index contributed by atoms with van der Waals surface area (Å²) in [6.45, 7) is 0. The SMILES string of the molecule is COc1cccc(-c2cc(=O)[nH]c(Nc3cc(F)ccc3Cl)n2)c1. The van der Waals surface area contributed by atoms with Crippen molar-refractivity contribution in [2.45, 2.75) is 0 Å². The van der Waals surface area contributed by atoms with E-state index in [2.05, 4.69) is 15.3 Å². The second kappa shape index (κ2) is 6.72. The van der Waals surface area contributed by atoms with Crippen LogP contribution in [0.1, 0.15) is 0 Å². The van der Waals surface area contributed by atoms with Crippen molar-refractivity contribution in [1.82, 2.24) is 9.97 Å². The number of nitrogens with one attached hydrogen (secondary N) is 2. The van der Waals surface area contributed by atoms with Gasteiger partial charge in [0.25, 0.3) is 5.56 Å². The van der Waals surface area contributed by atoms with Gasteiger partial charge in [0.1, 0.15) is 11.6 Å². The van der Waals surface area contributed by atoms with E-state index in [1.807, 2.05) is 6.07 Å². The standard InChI is InChI=1S/C17H13ClFN3O2/c1-24-12-4-2-3-10(7-12)14-9-16(23)22-17(20-14)21-15-8-11(19)5-6-13(15)18/h2-9H,1H3,(H2,20,21,22,23). The number of rotatable bonds is 4. The zero-order chi connectivity index (χ0) is 17.1. The molecule has 3 rings (SSSR count). The van der Waals surface area contributed by atoms with Crippen molar-refractivity contribution in [1.29, 1.82) is 0 Å². The summed E-state index contributed by atoms with van der Waals surface area (Å²) in [6.07, 6.45) is 0.